The highest BCUT2D eigenvalue weighted by atomic mass is 15.0. The van der Waals surface area contributed by atoms with E-state index in [-0.39, 0.29) is 0 Å². The second kappa shape index (κ2) is 4.10. The minimum absolute atomic E-state index is 0.493. The number of hydrogen-bond acceptors (Lipinski definition) is 2. The van der Waals surface area contributed by atoms with E-state index in [1.165, 1.54) is 31.2 Å². The van der Waals surface area contributed by atoms with Crippen molar-refractivity contribution < 1.29 is 0 Å². The molecule has 1 saturated carbocycles. The Morgan fingerprint density at radius 2 is 2.00 bits per heavy atom. The molecule has 2 nitrogen and oxygen atoms in total. The van der Waals surface area contributed by atoms with Crippen LogP contribution in [0, 0.1) is 5.92 Å². The lowest BCUT2D eigenvalue weighted by atomic mass is 9.88. The van der Waals surface area contributed by atoms with Gasteiger partial charge < -0.3 is 11.1 Å². The van der Waals surface area contributed by atoms with Crippen LogP contribution in [0.5, 0.6) is 0 Å². The summed E-state index contributed by atoms with van der Waals surface area (Å²) in [5.41, 5.74) is 7.76. The third-order valence-corrected chi connectivity index (χ3v) is 4.22. The Kier molecular flexibility index (Phi) is 2.58. The zero-order valence-electron chi connectivity index (χ0n) is 10.2. The standard InChI is InChI=1S/C15H20N2/c16-14-10-12(11-17-14)6-7-15(8-9-15)13-4-2-1-3-5-13/h1-5,10,12,17H,6-9,11,16H2/t12-/m0/s1. The van der Waals surface area contributed by atoms with E-state index in [2.05, 4.69) is 41.7 Å². The molecule has 2 heteroatoms. The first-order valence-corrected chi connectivity index (χ1v) is 6.55. The summed E-state index contributed by atoms with van der Waals surface area (Å²) in [7, 11) is 0. The average Bonchev–Trinajstić information content (AvgIpc) is 3.05. The average molecular weight is 228 g/mol. The molecule has 1 aliphatic carbocycles. The molecule has 1 aliphatic heterocycles. The topological polar surface area (TPSA) is 38.0 Å². The molecule has 0 amide bonds. The van der Waals surface area contributed by atoms with Gasteiger partial charge in [0.2, 0.25) is 0 Å². The van der Waals surface area contributed by atoms with Crippen LogP contribution in [0.1, 0.15) is 31.2 Å². The van der Waals surface area contributed by atoms with Gasteiger partial charge in [-0.1, -0.05) is 30.3 Å². The number of hydrogen-bond donors (Lipinski definition) is 2. The Balaban J connectivity index is 1.62. The SMILES string of the molecule is NC1=C[C@H](CCC2(c3ccccc3)CC2)CN1. The van der Waals surface area contributed by atoms with Gasteiger partial charge in [-0.05, 0) is 48.7 Å². The van der Waals surface area contributed by atoms with E-state index in [1.807, 2.05) is 0 Å². The molecule has 1 aromatic rings. The van der Waals surface area contributed by atoms with E-state index in [0.717, 1.165) is 12.4 Å². The molecule has 1 heterocycles. The maximum absolute atomic E-state index is 5.74. The predicted octanol–water partition coefficient (Wildman–Crippen LogP) is 2.52. The van der Waals surface area contributed by atoms with Crippen molar-refractivity contribution in [3.05, 3.63) is 47.8 Å². The Labute approximate surface area is 103 Å². The number of rotatable bonds is 4. The van der Waals surface area contributed by atoms with Gasteiger partial charge >= 0.3 is 0 Å². The molecule has 90 valence electrons. The molecule has 3 N–H and O–H groups in total. The molecule has 17 heavy (non-hydrogen) atoms. The summed E-state index contributed by atoms with van der Waals surface area (Å²) in [6, 6.07) is 11.0. The van der Waals surface area contributed by atoms with E-state index in [1.54, 1.807) is 0 Å². The third kappa shape index (κ3) is 2.17. The van der Waals surface area contributed by atoms with Crippen molar-refractivity contribution in [1.29, 1.82) is 0 Å². The molecule has 0 unspecified atom stereocenters. The van der Waals surface area contributed by atoms with Gasteiger partial charge in [0.25, 0.3) is 0 Å². The third-order valence-electron chi connectivity index (χ3n) is 4.22. The van der Waals surface area contributed by atoms with Crippen molar-refractivity contribution in [3.63, 3.8) is 0 Å². The minimum Gasteiger partial charge on any atom is -0.386 e. The van der Waals surface area contributed by atoms with Crippen molar-refractivity contribution in [2.24, 2.45) is 11.7 Å². The molecule has 0 bridgehead atoms. The number of nitrogens with two attached hydrogens (primary N) is 1. The van der Waals surface area contributed by atoms with Crippen LogP contribution in [-0.4, -0.2) is 6.54 Å². The highest BCUT2D eigenvalue weighted by molar-refractivity contribution is 5.30. The molecular formula is C15H20N2. The van der Waals surface area contributed by atoms with E-state index in [9.17, 15) is 0 Å². The van der Waals surface area contributed by atoms with Crippen molar-refractivity contribution in [1.82, 2.24) is 5.32 Å². The monoisotopic (exact) mass is 228 g/mol. The fourth-order valence-corrected chi connectivity index (χ4v) is 2.89. The lowest BCUT2D eigenvalue weighted by Gasteiger charge is -2.17. The second-order valence-corrected chi connectivity index (χ2v) is 5.45. The quantitative estimate of drug-likeness (QED) is 0.831. The van der Waals surface area contributed by atoms with Crippen LogP contribution in [0.25, 0.3) is 0 Å². The summed E-state index contributed by atoms with van der Waals surface area (Å²) in [4.78, 5) is 0. The normalized spacial score (nSPS) is 25.2. The van der Waals surface area contributed by atoms with Gasteiger partial charge in [-0.15, -0.1) is 0 Å². The van der Waals surface area contributed by atoms with Crippen LogP contribution in [-0.2, 0) is 5.41 Å². The molecule has 0 spiro atoms. The van der Waals surface area contributed by atoms with Gasteiger partial charge in [0, 0.05) is 6.54 Å². The van der Waals surface area contributed by atoms with Crippen LogP contribution in [0.3, 0.4) is 0 Å². The Morgan fingerprint density at radius 3 is 2.59 bits per heavy atom. The van der Waals surface area contributed by atoms with Crippen LogP contribution < -0.4 is 11.1 Å². The van der Waals surface area contributed by atoms with Crippen LogP contribution in [0.15, 0.2) is 42.2 Å². The Bertz CT molecular complexity index is 418. The highest BCUT2D eigenvalue weighted by Gasteiger charge is 2.43. The molecule has 1 aromatic carbocycles. The molecule has 0 saturated heterocycles. The zero-order valence-corrected chi connectivity index (χ0v) is 10.2. The summed E-state index contributed by atoms with van der Waals surface area (Å²) < 4.78 is 0. The van der Waals surface area contributed by atoms with Crippen molar-refractivity contribution in [2.45, 2.75) is 31.1 Å². The van der Waals surface area contributed by atoms with E-state index in [4.69, 9.17) is 5.73 Å². The fourth-order valence-electron chi connectivity index (χ4n) is 2.89. The minimum atomic E-state index is 0.493. The molecule has 0 aromatic heterocycles. The summed E-state index contributed by atoms with van der Waals surface area (Å²) in [6.45, 7) is 1.02. The lowest BCUT2D eigenvalue weighted by Crippen LogP contribution is -2.17. The molecule has 0 radical (unpaired) electrons. The van der Waals surface area contributed by atoms with Crippen LogP contribution in [0.4, 0.5) is 0 Å². The summed E-state index contributed by atoms with van der Waals surface area (Å²) in [6.07, 6.45) is 7.45. The second-order valence-electron chi connectivity index (χ2n) is 5.45. The summed E-state index contributed by atoms with van der Waals surface area (Å²) in [5.74, 6) is 1.50. The van der Waals surface area contributed by atoms with Gasteiger partial charge in [0.15, 0.2) is 0 Å². The van der Waals surface area contributed by atoms with E-state index in [0.29, 0.717) is 11.3 Å². The van der Waals surface area contributed by atoms with Crippen molar-refractivity contribution in [3.8, 4) is 0 Å². The molecule has 1 fully saturated rings. The molecule has 2 aliphatic rings. The number of nitrogens with one attached hydrogen (secondary N) is 1. The smallest absolute Gasteiger partial charge is 0.0922 e. The fraction of sp³-hybridized carbons (Fsp3) is 0.467. The van der Waals surface area contributed by atoms with Gasteiger partial charge in [-0.3, -0.25) is 0 Å². The first kappa shape index (κ1) is 10.7. The van der Waals surface area contributed by atoms with Gasteiger partial charge in [0.05, 0.1) is 5.82 Å². The number of benzene rings is 1. The molecular weight excluding hydrogens is 208 g/mol. The van der Waals surface area contributed by atoms with Crippen molar-refractivity contribution >= 4 is 0 Å². The van der Waals surface area contributed by atoms with Gasteiger partial charge in [0.1, 0.15) is 0 Å². The predicted molar refractivity (Wildman–Crippen MR) is 70.4 cm³/mol. The zero-order chi connectivity index (χ0) is 11.7. The van der Waals surface area contributed by atoms with Gasteiger partial charge in [-0.2, -0.15) is 0 Å². The van der Waals surface area contributed by atoms with Crippen molar-refractivity contribution in [2.75, 3.05) is 6.54 Å². The van der Waals surface area contributed by atoms with E-state index >= 15 is 0 Å². The van der Waals surface area contributed by atoms with E-state index < -0.39 is 0 Å². The summed E-state index contributed by atoms with van der Waals surface area (Å²) in [5, 5.41) is 3.20. The highest BCUT2D eigenvalue weighted by Crippen LogP contribution is 2.52. The first-order valence-electron chi connectivity index (χ1n) is 6.55. The maximum Gasteiger partial charge on any atom is 0.0922 e. The molecule has 3 rings (SSSR count). The Morgan fingerprint density at radius 1 is 1.24 bits per heavy atom. The largest absolute Gasteiger partial charge is 0.386 e. The molecule has 1 atom stereocenters. The van der Waals surface area contributed by atoms with Crippen LogP contribution >= 0.6 is 0 Å². The van der Waals surface area contributed by atoms with Gasteiger partial charge in [-0.25, -0.2) is 0 Å². The summed E-state index contributed by atoms with van der Waals surface area (Å²) >= 11 is 0. The van der Waals surface area contributed by atoms with Crippen LogP contribution in [0.2, 0.25) is 0 Å². The first-order chi connectivity index (χ1) is 8.28. The maximum atomic E-state index is 5.74. The lowest BCUT2D eigenvalue weighted by molar-refractivity contribution is 0.501. The Hall–Kier alpha value is -1.44.